The van der Waals surface area contributed by atoms with Crippen molar-refractivity contribution in [2.75, 3.05) is 14.2 Å². The molecule has 0 spiro atoms. The number of benzene rings is 1. The Morgan fingerprint density at radius 2 is 1.71 bits per heavy atom. The Bertz CT molecular complexity index is 770. The minimum atomic E-state index is -1.15. The Morgan fingerprint density at radius 1 is 1.07 bits per heavy atom. The SMILES string of the molecule is COC(=O)N[C@H](/C(C(=O)OC)=C(\C)NC(=O)OC(C)(C)C)c1cccc(F)c1. The van der Waals surface area contributed by atoms with Gasteiger partial charge in [0, 0.05) is 5.70 Å². The number of methoxy groups -OCH3 is 2. The minimum Gasteiger partial charge on any atom is -0.466 e. The van der Waals surface area contributed by atoms with E-state index in [0.717, 1.165) is 20.3 Å². The van der Waals surface area contributed by atoms with Crippen LogP contribution >= 0.6 is 0 Å². The maximum absolute atomic E-state index is 13.7. The lowest BCUT2D eigenvalue weighted by Crippen LogP contribution is -2.36. The number of halogens is 1. The molecule has 154 valence electrons. The van der Waals surface area contributed by atoms with Crippen molar-refractivity contribution in [1.82, 2.24) is 10.6 Å². The maximum Gasteiger partial charge on any atom is 0.411 e. The van der Waals surface area contributed by atoms with Crippen molar-refractivity contribution in [3.8, 4) is 0 Å². The lowest BCUT2D eigenvalue weighted by atomic mass is 9.97. The van der Waals surface area contributed by atoms with E-state index >= 15 is 0 Å². The standard InChI is InChI=1S/C19H25FN2O6/c1-11(21-18(25)28-19(2,3)4)14(16(23)26-5)15(22-17(24)27-6)12-8-7-9-13(20)10-12/h7-10,15H,1-6H3,(H,21,25)(H,22,24)/b14-11-/t15-/m0/s1. The van der Waals surface area contributed by atoms with Crippen LogP contribution in [-0.2, 0) is 19.0 Å². The summed E-state index contributed by atoms with van der Waals surface area (Å²) in [5, 5.41) is 4.89. The van der Waals surface area contributed by atoms with Gasteiger partial charge in [-0.2, -0.15) is 0 Å². The van der Waals surface area contributed by atoms with Crippen LogP contribution in [0.1, 0.15) is 39.3 Å². The van der Waals surface area contributed by atoms with Crippen LogP contribution in [0.3, 0.4) is 0 Å². The fourth-order valence-electron chi connectivity index (χ4n) is 2.31. The first-order valence-corrected chi connectivity index (χ1v) is 8.37. The summed E-state index contributed by atoms with van der Waals surface area (Å²) in [6.07, 6.45) is -1.66. The van der Waals surface area contributed by atoms with Crippen molar-refractivity contribution < 1.29 is 33.0 Å². The first kappa shape index (κ1) is 22.9. The van der Waals surface area contributed by atoms with Crippen LogP contribution in [0.4, 0.5) is 14.0 Å². The molecule has 9 heteroatoms. The molecule has 0 saturated carbocycles. The fourth-order valence-corrected chi connectivity index (χ4v) is 2.31. The van der Waals surface area contributed by atoms with Crippen molar-refractivity contribution in [3.05, 3.63) is 46.9 Å². The average Bonchev–Trinajstić information content (AvgIpc) is 2.58. The van der Waals surface area contributed by atoms with Crippen molar-refractivity contribution in [1.29, 1.82) is 0 Å². The van der Waals surface area contributed by atoms with Gasteiger partial charge in [-0.1, -0.05) is 12.1 Å². The summed E-state index contributed by atoms with van der Waals surface area (Å²) in [5.41, 5.74) is -0.575. The van der Waals surface area contributed by atoms with Gasteiger partial charge in [0.05, 0.1) is 25.8 Å². The van der Waals surface area contributed by atoms with E-state index in [-0.39, 0.29) is 16.8 Å². The molecule has 2 N–H and O–H groups in total. The van der Waals surface area contributed by atoms with Crippen LogP contribution in [0.5, 0.6) is 0 Å². The van der Waals surface area contributed by atoms with E-state index < -0.39 is 35.6 Å². The van der Waals surface area contributed by atoms with Crippen LogP contribution < -0.4 is 10.6 Å². The highest BCUT2D eigenvalue weighted by Gasteiger charge is 2.29. The van der Waals surface area contributed by atoms with Gasteiger partial charge in [0.1, 0.15) is 11.4 Å². The van der Waals surface area contributed by atoms with E-state index in [1.807, 2.05) is 0 Å². The van der Waals surface area contributed by atoms with E-state index in [0.29, 0.717) is 0 Å². The summed E-state index contributed by atoms with van der Waals surface area (Å²) in [7, 11) is 2.29. The zero-order chi connectivity index (χ0) is 21.5. The molecule has 0 aliphatic carbocycles. The predicted molar refractivity (Wildman–Crippen MR) is 98.8 cm³/mol. The normalized spacial score (nSPS) is 13.0. The summed E-state index contributed by atoms with van der Waals surface area (Å²) < 4.78 is 28.3. The molecule has 0 aliphatic heterocycles. The number of nitrogens with one attached hydrogen (secondary N) is 2. The lowest BCUT2D eigenvalue weighted by Gasteiger charge is -2.24. The molecule has 28 heavy (non-hydrogen) atoms. The molecule has 1 atom stereocenters. The smallest absolute Gasteiger partial charge is 0.411 e. The fraction of sp³-hybridized carbons (Fsp3) is 0.421. The summed E-state index contributed by atoms with van der Waals surface area (Å²) in [5.74, 6) is -1.41. The molecule has 1 rings (SSSR count). The van der Waals surface area contributed by atoms with Gasteiger partial charge in [-0.25, -0.2) is 18.8 Å². The molecule has 0 unspecified atom stereocenters. The monoisotopic (exact) mass is 396 g/mol. The Kier molecular flexibility index (Phi) is 7.97. The lowest BCUT2D eigenvalue weighted by molar-refractivity contribution is -0.136. The summed E-state index contributed by atoms with van der Waals surface area (Å²) in [6.45, 7) is 6.48. The van der Waals surface area contributed by atoms with Crippen LogP contribution in [0.15, 0.2) is 35.5 Å². The zero-order valence-electron chi connectivity index (χ0n) is 16.7. The molecule has 0 heterocycles. The van der Waals surface area contributed by atoms with Gasteiger partial charge in [0.25, 0.3) is 0 Å². The summed E-state index contributed by atoms with van der Waals surface area (Å²) >= 11 is 0. The quantitative estimate of drug-likeness (QED) is 0.450. The number of amides is 2. The first-order valence-electron chi connectivity index (χ1n) is 8.37. The van der Waals surface area contributed by atoms with Crippen molar-refractivity contribution in [3.63, 3.8) is 0 Å². The number of hydrogen-bond donors (Lipinski definition) is 2. The third kappa shape index (κ3) is 6.90. The van der Waals surface area contributed by atoms with Crippen molar-refractivity contribution >= 4 is 18.2 Å². The van der Waals surface area contributed by atoms with Gasteiger partial charge in [0.15, 0.2) is 0 Å². The van der Waals surface area contributed by atoms with Crippen molar-refractivity contribution in [2.45, 2.75) is 39.3 Å². The predicted octanol–water partition coefficient (Wildman–Crippen LogP) is 3.19. The minimum absolute atomic E-state index is 0.0618. The number of carbonyl (C=O) groups excluding carboxylic acids is 3. The van der Waals surface area contributed by atoms with Gasteiger partial charge < -0.3 is 19.5 Å². The van der Waals surface area contributed by atoms with E-state index in [4.69, 9.17) is 9.47 Å². The van der Waals surface area contributed by atoms with Crippen LogP contribution in [0, 0.1) is 5.82 Å². The molecule has 0 aliphatic rings. The van der Waals surface area contributed by atoms with E-state index in [1.165, 1.54) is 25.1 Å². The second-order valence-corrected chi connectivity index (χ2v) is 6.78. The Hall–Kier alpha value is -3.10. The molecule has 0 aromatic heterocycles. The molecule has 1 aromatic rings. The molecule has 0 saturated heterocycles. The Morgan fingerprint density at radius 3 is 2.21 bits per heavy atom. The average molecular weight is 396 g/mol. The molecule has 0 bridgehead atoms. The molecular weight excluding hydrogens is 371 g/mol. The largest absolute Gasteiger partial charge is 0.466 e. The molecule has 0 radical (unpaired) electrons. The number of rotatable bonds is 5. The van der Waals surface area contributed by atoms with Gasteiger partial charge in [-0.15, -0.1) is 0 Å². The highest BCUT2D eigenvalue weighted by atomic mass is 19.1. The zero-order valence-corrected chi connectivity index (χ0v) is 16.7. The van der Waals surface area contributed by atoms with Gasteiger partial charge in [0.2, 0.25) is 0 Å². The molecule has 0 fully saturated rings. The highest BCUT2D eigenvalue weighted by molar-refractivity contribution is 5.92. The summed E-state index contributed by atoms with van der Waals surface area (Å²) in [6, 6.07) is 4.14. The van der Waals surface area contributed by atoms with Crippen LogP contribution in [0.2, 0.25) is 0 Å². The van der Waals surface area contributed by atoms with Crippen molar-refractivity contribution in [2.24, 2.45) is 0 Å². The molecule has 8 nitrogen and oxygen atoms in total. The van der Waals surface area contributed by atoms with Gasteiger partial charge >= 0.3 is 18.2 Å². The second-order valence-electron chi connectivity index (χ2n) is 6.78. The Labute approximate surface area is 163 Å². The number of alkyl carbamates (subject to hydrolysis) is 2. The topological polar surface area (TPSA) is 103 Å². The number of ether oxygens (including phenoxy) is 3. The number of carbonyl (C=O) groups is 3. The number of esters is 1. The number of hydrogen-bond acceptors (Lipinski definition) is 6. The third-order valence-corrected chi connectivity index (χ3v) is 3.42. The maximum atomic E-state index is 13.7. The van der Waals surface area contributed by atoms with E-state index in [1.54, 1.807) is 20.8 Å². The molecular formula is C19H25FN2O6. The van der Waals surface area contributed by atoms with E-state index in [9.17, 15) is 18.8 Å². The van der Waals surface area contributed by atoms with E-state index in [2.05, 4.69) is 15.4 Å². The number of allylic oxidation sites excluding steroid dienone is 1. The third-order valence-electron chi connectivity index (χ3n) is 3.42. The van der Waals surface area contributed by atoms with Gasteiger partial charge in [-0.05, 0) is 45.4 Å². The Balaban J connectivity index is 3.42. The van der Waals surface area contributed by atoms with Crippen LogP contribution in [0.25, 0.3) is 0 Å². The van der Waals surface area contributed by atoms with Gasteiger partial charge in [-0.3, -0.25) is 5.32 Å². The highest BCUT2D eigenvalue weighted by Crippen LogP contribution is 2.26. The first-order chi connectivity index (χ1) is 13.0. The molecule has 1 aromatic carbocycles. The molecule has 2 amide bonds. The van der Waals surface area contributed by atoms with Crippen LogP contribution in [-0.4, -0.2) is 38.0 Å². The second kappa shape index (κ2) is 9.72. The summed E-state index contributed by atoms with van der Waals surface area (Å²) in [4.78, 5) is 36.3.